The van der Waals surface area contributed by atoms with Crippen LogP contribution in [0, 0.1) is 6.92 Å². The second-order valence-corrected chi connectivity index (χ2v) is 9.02. The van der Waals surface area contributed by atoms with E-state index in [-0.39, 0.29) is 12.6 Å². The van der Waals surface area contributed by atoms with Gasteiger partial charge in [-0.1, -0.05) is 20.8 Å². The van der Waals surface area contributed by atoms with Crippen LogP contribution in [0.3, 0.4) is 0 Å². The second kappa shape index (κ2) is 8.57. The minimum absolute atomic E-state index is 0.193. The van der Waals surface area contributed by atoms with Crippen LogP contribution in [-0.4, -0.2) is 39.9 Å². The SMILES string of the molecule is Cc1cc([C@@H](C)CC2COc3ccc(C(C)C)nc3N2)cnc1OCC(C)(C)O. The monoisotopic (exact) mass is 399 g/mol. The van der Waals surface area contributed by atoms with Crippen LogP contribution in [0.4, 0.5) is 5.82 Å². The number of aromatic nitrogens is 2. The van der Waals surface area contributed by atoms with Gasteiger partial charge < -0.3 is 19.9 Å². The molecule has 29 heavy (non-hydrogen) atoms. The van der Waals surface area contributed by atoms with Gasteiger partial charge in [0.15, 0.2) is 11.6 Å². The minimum Gasteiger partial charge on any atom is -0.488 e. The van der Waals surface area contributed by atoms with Crippen LogP contribution < -0.4 is 14.8 Å². The highest BCUT2D eigenvalue weighted by Crippen LogP contribution is 2.32. The van der Waals surface area contributed by atoms with E-state index < -0.39 is 5.60 Å². The van der Waals surface area contributed by atoms with Gasteiger partial charge in [0.1, 0.15) is 13.2 Å². The van der Waals surface area contributed by atoms with Gasteiger partial charge in [-0.15, -0.1) is 0 Å². The van der Waals surface area contributed by atoms with E-state index in [0.717, 1.165) is 34.8 Å². The summed E-state index contributed by atoms with van der Waals surface area (Å²) in [6, 6.07) is 6.34. The highest BCUT2D eigenvalue weighted by molar-refractivity contribution is 5.53. The Labute approximate surface area is 173 Å². The van der Waals surface area contributed by atoms with Crippen LogP contribution in [0.25, 0.3) is 0 Å². The molecule has 6 heteroatoms. The summed E-state index contributed by atoms with van der Waals surface area (Å²) in [7, 11) is 0. The van der Waals surface area contributed by atoms with Crippen molar-refractivity contribution in [2.45, 2.75) is 71.4 Å². The molecular formula is C23H33N3O3. The molecule has 3 rings (SSSR count). The number of nitrogens with one attached hydrogen (secondary N) is 1. The molecule has 0 bridgehead atoms. The topological polar surface area (TPSA) is 76.5 Å². The summed E-state index contributed by atoms with van der Waals surface area (Å²) < 4.78 is 11.6. The van der Waals surface area contributed by atoms with Crippen molar-refractivity contribution in [2.24, 2.45) is 0 Å². The smallest absolute Gasteiger partial charge is 0.216 e. The summed E-state index contributed by atoms with van der Waals surface area (Å²) in [6.45, 7) is 12.7. The Hall–Kier alpha value is -2.34. The Kier molecular flexibility index (Phi) is 6.32. The van der Waals surface area contributed by atoms with Crippen molar-refractivity contribution >= 4 is 5.82 Å². The zero-order valence-electron chi connectivity index (χ0n) is 18.3. The average Bonchev–Trinajstić information content (AvgIpc) is 2.65. The molecule has 1 aliphatic rings. The highest BCUT2D eigenvalue weighted by atomic mass is 16.5. The van der Waals surface area contributed by atoms with Gasteiger partial charge in [-0.25, -0.2) is 9.97 Å². The number of hydrogen-bond donors (Lipinski definition) is 2. The van der Waals surface area contributed by atoms with Crippen LogP contribution in [0.15, 0.2) is 24.4 Å². The van der Waals surface area contributed by atoms with E-state index in [1.807, 2.05) is 25.3 Å². The van der Waals surface area contributed by atoms with Crippen LogP contribution in [0.1, 0.15) is 69.7 Å². The van der Waals surface area contributed by atoms with Crippen molar-refractivity contribution in [3.8, 4) is 11.6 Å². The molecule has 2 aromatic rings. The maximum Gasteiger partial charge on any atom is 0.216 e. The zero-order chi connectivity index (χ0) is 21.2. The van der Waals surface area contributed by atoms with Gasteiger partial charge >= 0.3 is 0 Å². The first-order valence-electron chi connectivity index (χ1n) is 10.3. The summed E-state index contributed by atoms with van der Waals surface area (Å²) in [5, 5.41) is 13.4. The molecule has 1 unspecified atom stereocenters. The summed E-state index contributed by atoms with van der Waals surface area (Å²) in [4.78, 5) is 9.19. The van der Waals surface area contributed by atoms with Crippen LogP contribution >= 0.6 is 0 Å². The van der Waals surface area contributed by atoms with Crippen LogP contribution in [0.5, 0.6) is 11.6 Å². The number of aliphatic hydroxyl groups is 1. The summed E-state index contributed by atoms with van der Waals surface area (Å²) >= 11 is 0. The lowest BCUT2D eigenvalue weighted by atomic mass is 9.94. The lowest BCUT2D eigenvalue weighted by Crippen LogP contribution is -2.33. The van der Waals surface area contributed by atoms with Gasteiger partial charge in [-0.2, -0.15) is 0 Å². The molecule has 0 fully saturated rings. The Balaban J connectivity index is 1.64. The number of pyridine rings is 2. The molecular weight excluding hydrogens is 366 g/mol. The predicted octanol–water partition coefficient (Wildman–Crippen LogP) is 4.42. The molecule has 2 N–H and O–H groups in total. The third-order valence-electron chi connectivity index (χ3n) is 5.07. The van der Waals surface area contributed by atoms with Gasteiger partial charge in [0.25, 0.3) is 0 Å². The van der Waals surface area contributed by atoms with Crippen LogP contribution in [-0.2, 0) is 0 Å². The average molecular weight is 400 g/mol. The number of ether oxygens (including phenoxy) is 2. The van der Waals surface area contributed by atoms with Crippen molar-refractivity contribution < 1.29 is 14.6 Å². The first kappa shape index (κ1) is 21.4. The van der Waals surface area contributed by atoms with Crippen molar-refractivity contribution in [3.05, 3.63) is 41.2 Å². The van der Waals surface area contributed by atoms with Gasteiger partial charge in [-0.05, 0) is 62.8 Å². The largest absolute Gasteiger partial charge is 0.488 e. The Bertz CT molecular complexity index is 846. The van der Waals surface area contributed by atoms with E-state index in [4.69, 9.17) is 14.5 Å². The molecule has 1 aliphatic heterocycles. The Morgan fingerprint density at radius 3 is 2.72 bits per heavy atom. The van der Waals surface area contributed by atoms with Crippen molar-refractivity contribution in [1.82, 2.24) is 9.97 Å². The van der Waals surface area contributed by atoms with E-state index in [1.54, 1.807) is 13.8 Å². The zero-order valence-corrected chi connectivity index (χ0v) is 18.3. The second-order valence-electron chi connectivity index (χ2n) is 9.02. The van der Waals surface area contributed by atoms with Gasteiger partial charge in [0.2, 0.25) is 5.88 Å². The molecule has 0 spiro atoms. The number of rotatable bonds is 7. The van der Waals surface area contributed by atoms with Crippen molar-refractivity contribution in [2.75, 3.05) is 18.5 Å². The third-order valence-corrected chi connectivity index (χ3v) is 5.07. The fraction of sp³-hybridized carbons (Fsp3) is 0.565. The number of fused-ring (bicyclic) bond motifs is 1. The first-order chi connectivity index (χ1) is 13.6. The number of hydrogen-bond acceptors (Lipinski definition) is 6. The first-order valence-corrected chi connectivity index (χ1v) is 10.3. The van der Waals surface area contributed by atoms with Gasteiger partial charge in [0, 0.05) is 17.5 Å². The maximum absolute atomic E-state index is 9.84. The number of nitrogens with zero attached hydrogens (tertiary/aromatic N) is 2. The van der Waals surface area contributed by atoms with Crippen molar-refractivity contribution in [3.63, 3.8) is 0 Å². The fourth-order valence-corrected chi connectivity index (χ4v) is 3.37. The standard InChI is InChI=1S/C23H33N3O3/c1-14(2)19-7-8-20-21(26-19)25-18(12-28-20)10-15(3)17-9-16(4)22(24-11-17)29-13-23(5,6)27/h7-9,11,14-15,18,27H,10,12-13H2,1-6H3,(H,25,26)/t15-,18?/m0/s1. The van der Waals surface area contributed by atoms with E-state index >= 15 is 0 Å². The summed E-state index contributed by atoms with van der Waals surface area (Å²) in [5.74, 6) is 2.92. The molecule has 2 atom stereocenters. The molecule has 0 saturated carbocycles. The normalized spacial score (nSPS) is 17.3. The summed E-state index contributed by atoms with van der Waals surface area (Å²) in [5.41, 5.74) is 2.32. The molecule has 0 aromatic carbocycles. The Morgan fingerprint density at radius 2 is 2.07 bits per heavy atom. The minimum atomic E-state index is -0.882. The molecule has 3 heterocycles. The molecule has 0 aliphatic carbocycles. The van der Waals surface area contributed by atoms with E-state index in [2.05, 4.69) is 37.1 Å². The van der Waals surface area contributed by atoms with Crippen molar-refractivity contribution in [1.29, 1.82) is 0 Å². The fourth-order valence-electron chi connectivity index (χ4n) is 3.37. The lowest BCUT2D eigenvalue weighted by molar-refractivity contribution is 0.0266. The summed E-state index contributed by atoms with van der Waals surface area (Å²) in [6.07, 6.45) is 2.78. The third kappa shape index (κ3) is 5.60. The molecule has 0 amide bonds. The predicted molar refractivity (Wildman–Crippen MR) is 115 cm³/mol. The number of anilines is 1. The quantitative estimate of drug-likeness (QED) is 0.717. The van der Waals surface area contributed by atoms with E-state index in [9.17, 15) is 5.11 Å². The number of aryl methyl sites for hydroxylation is 1. The van der Waals surface area contributed by atoms with E-state index in [1.165, 1.54) is 0 Å². The molecule has 0 radical (unpaired) electrons. The van der Waals surface area contributed by atoms with Crippen LogP contribution in [0.2, 0.25) is 0 Å². The highest BCUT2D eigenvalue weighted by Gasteiger charge is 2.24. The van der Waals surface area contributed by atoms with Gasteiger partial charge in [0.05, 0.1) is 11.6 Å². The molecule has 158 valence electrons. The maximum atomic E-state index is 9.84. The molecule has 6 nitrogen and oxygen atoms in total. The van der Waals surface area contributed by atoms with Gasteiger partial charge in [-0.3, -0.25) is 0 Å². The molecule has 0 saturated heterocycles. The molecule has 2 aromatic heterocycles. The van der Waals surface area contributed by atoms with E-state index in [0.29, 0.717) is 24.3 Å². The Morgan fingerprint density at radius 1 is 1.31 bits per heavy atom. The lowest BCUT2D eigenvalue weighted by Gasteiger charge is -2.29.